The molecule has 2 aliphatic heterocycles. The maximum absolute atomic E-state index is 13.3. The molecule has 3 atom stereocenters. The number of carbonyl (C=O) groups excluding carboxylic acids is 2. The summed E-state index contributed by atoms with van der Waals surface area (Å²) in [4.78, 5) is 40.7. The number of rotatable bonds is 6. The zero-order valence-electron chi connectivity index (χ0n) is 22.3. The van der Waals surface area contributed by atoms with Crippen LogP contribution in [0.2, 0.25) is 0 Å². The summed E-state index contributed by atoms with van der Waals surface area (Å²) < 4.78 is 41.7. The molecule has 0 spiro atoms. The van der Waals surface area contributed by atoms with E-state index in [1.807, 2.05) is 24.5 Å². The molecule has 5 rings (SSSR count). The molecule has 3 heterocycles. The zero-order chi connectivity index (χ0) is 28.6. The number of alkyl halides is 3. The van der Waals surface area contributed by atoms with Crippen molar-refractivity contribution in [2.75, 3.05) is 23.3 Å². The number of benzene rings is 2. The molecular weight excluding hydrogens is 521 g/mol. The van der Waals surface area contributed by atoms with Crippen LogP contribution >= 0.6 is 0 Å². The predicted octanol–water partition coefficient (Wildman–Crippen LogP) is 5.27. The van der Waals surface area contributed by atoms with E-state index in [9.17, 15) is 27.6 Å². The highest BCUT2D eigenvalue weighted by atomic mass is 19.4. The van der Waals surface area contributed by atoms with Gasteiger partial charge in [-0.05, 0) is 68.1 Å². The number of hydrogen-bond acceptors (Lipinski definition) is 4. The van der Waals surface area contributed by atoms with Crippen LogP contribution < -0.4 is 21.1 Å². The molecule has 2 bridgehead atoms. The lowest BCUT2D eigenvalue weighted by Gasteiger charge is -2.44. The van der Waals surface area contributed by atoms with E-state index in [0.29, 0.717) is 36.6 Å². The number of amides is 2. The first kappa shape index (κ1) is 27.5. The standard InChI is InChI=1S/C30H31F3N4O3/c1-3-18(2)34-28(39)21-10-11-26(24(14-21)35-29(40)20-6-4-7-23(13-20)30(31,32)33)36-15-19-12-22(17-36)25-8-5-9-27(38)37(25)16-19/h4-11,13-14,18-19,22H,3,12,15-17H2,1-2H3,(H,34,39)(H,35,40)/t18-,19-,22+/m1/s1. The van der Waals surface area contributed by atoms with Crippen LogP contribution in [0.15, 0.2) is 65.5 Å². The van der Waals surface area contributed by atoms with Crippen molar-refractivity contribution in [2.24, 2.45) is 5.92 Å². The average Bonchev–Trinajstić information content (AvgIpc) is 2.93. The highest BCUT2D eigenvalue weighted by molar-refractivity contribution is 6.07. The second-order valence-electron chi connectivity index (χ2n) is 10.7. The van der Waals surface area contributed by atoms with Crippen molar-refractivity contribution < 1.29 is 22.8 Å². The van der Waals surface area contributed by atoms with Gasteiger partial charge in [0.2, 0.25) is 0 Å². The van der Waals surface area contributed by atoms with Gasteiger partial charge in [0.05, 0.1) is 16.9 Å². The molecule has 0 aliphatic carbocycles. The molecule has 2 aromatic carbocycles. The van der Waals surface area contributed by atoms with Crippen molar-refractivity contribution in [3.05, 3.63) is 93.4 Å². The number of aromatic nitrogens is 1. The number of nitrogens with zero attached hydrogens (tertiary/aromatic N) is 2. The SMILES string of the molecule is CC[C@@H](C)NC(=O)c1ccc(N2C[C@H]3C[C@@H](C2)c2cccc(=O)n2C3)c(NC(=O)c2cccc(C(F)(F)F)c2)c1. The van der Waals surface area contributed by atoms with Crippen molar-refractivity contribution in [1.82, 2.24) is 9.88 Å². The number of fused-ring (bicyclic) bond motifs is 4. The number of pyridine rings is 1. The topological polar surface area (TPSA) is 83.4 Å². The minimum absolute atomic E-state index is 0.0219. The number of carbonyl (C=O) groups is 2. The first-order valence-corrected chi connectivity index (χ1v) is 13.4. The normalized spacial score (nSPS) is 19.0. The Hall–Kier alpha value is -4.08. The van der Waals surface area contributed by atoms with Gasteiger partial charge >= 0.3 is 6.18 Å². The maximum atomic E-state index is 13.3. The van der Waals surface area contributed by atoms with Gasteiger partial charge < -0.3 is 20.1 Å². The molecule has 210 valence electrons. The average molecular weight is 553 g/mol. The minimum atomic E-state index is -4.58. The second kappa shape index (κ2) is 10.8. The fourth-order valence-corrected chi connectivity index (χ4v) is 5.59. The van der Waals surface area contributed by atoms with Crippen molar-refractivity contribution in [1.29, 1.82) is 0 Å². The van der Waals surface area contributed by atoms with Crippen molar-refractivity contribution >= 4 is 23.2 Å². The van der Waals surface area contributed by atoms with E-state index < -0.39 is 17.6 Å². The van der Waals surface area contributed by atoms with E-state index in [2.05, 4.69) is 15.5 Å². The van der Waals surface area contributed by atoms with Crippen LogP contribution in [-0.4, -0.2) is 35.5 Å². The largest absolute Gasteiger partial charge is 0.416 e. The number of anilines is 2. The summed E-state index contributed by atoms with van der Waals surface area (Å²) in [5.41, 5.74) is 1.22. The Labute approximate surface area is 230 Å². The fraction of sp³-hybridized carbons (Fsp3) is 0.367. The van der Waals surface area contributed by atoms with Crippen LogP contribution in [0.25, 0.3) is 0 Å². The summed E-state index contributed by atoms with van der Waals surface area (Å²) in [7, 11) is 0. The van der Waals surface area contributed by atoms with Gasteiger partial charge in [0, 0.05) is 54.5 Å². The molecule has 1 aromatic heterocycles. The van der Waals surface area contributed by atoms with Gasteiger partial charge in [-0.1, -0.05) is 19.1 Å². The van der Waals surface area contributed by atoms with E-state index in [1.54, 1.807) is 30.3 Å². The molecule has 1 saturated heterocycles. The molecule has 40 heavy (non-hydrogen) atoms. The number of piperidine rings is 1. The Morgan fingerprint density at radius 2 is 1.73 bits per heavy atom. The molecule has 0 saturated carbocycles. The third-order valence-corrected chi connectivity index (χ3v) is 7.77. The van der Waals surface area contributed by atoms with Crippen LogP contribution in [0.5, 0.6) is 0 Å². The molecule has 10 heteroatoms. The molecule has 3 aromatic rings. The zero-order valence-corrected chi connectivity index (χ0v) is 22.3. The Bertz CT molecular complexity index is 1500. The summed E-state index contributed by atoms with van der Waals surface area (Å²) in [6.07, 6.45) is -2.91. The van der Waals surface area contributed by atoms with Crippen molar-refractivity contribution in [2.45, 2.75) is 51.4 Å². The number of nitrogens with one attached hydrogen (secondary N) is 2. The van der Waals surface area contributed by atoms with Gasteiger partial charge in [0.25, 0.3) is 17.4 Å². The van der Waals surface area contributed by atoms with E-state index in [0.717, 1.165) is 30.7 Å². The van der Waals surface area contributed by atoms with E-state index in [4.69, 9.17) is 0 Å². The van der Waals surface area contributed by atoms with E-state index >= 15 is 0 Å². The smallest absolute Gasteiger partial charge is 0.369 e. The highest BCUT2D eigenvalue weighted by Gasteiger charge is 2.36. The highest BCUT2D eigenvalue weighted by Crippen LogP contribution is 2.39. The van der Waals surface area contributed by atoms with Gasteiger partial charge in [0.15, 0.2) is 0 Å². The van der Waals surface area contributed by atoms with Gasteiger partial charge in [-0.2, -0.15) is 13.2 Å². The summed E-state index contributed by atoms with van der Waals surface area (Å²) in [5, 5.41) is 5.68. The summed E-state index contributed by atoms with van der Waals surface area (Å²) in [6.45, 7) is 5.64. The molecule has 1 fully saturated rings. The van der Waals surface area contributed by atoms with Crippen LogP contribution in [0.1, 0.15) is 64.6 Å². The van der Waals surface area contributed by atoms with E-state index in [-0.39, 0.29) is 34.9 Å². The van der Waals surface area contributed by atoms with Gasteiger partial charge in [-0.15, -0.1) is 0 Å². The number of halogens is 3. The van der Waals surface area contributed by atoms with Crippen molar-refractivity contribution in [3.63, 3.8) is 0 Å². The fourth-order valence-electron chi connectivity index (χ4n) is 5.59. The minimum Gasteiger partial charge on any atom is -0.369 e. The van der Waals surface area contributed by atoms with Crippen LogP contribution in [0.3, 0.4) is 0 Å². The maximum Gasteiger partial charge on any atom is 0.416 e. The first-order chi connectivity index (χ1) is 19.0. The van der Waals surface area contributed by atoms with Crippen LogP contribution in [0.4, 0.5) is 24.5 Å². The molecule has 2 N–H and O–H groups in total. The lowest BCUT2D eigenvalue weighted by atomic mass is 9.83. The van der Waals surface area contributed by atoms with E-state index in [1.165, 1.54) is 12.1 Å². The second-order valence-corrected chi connectivity index (χ2v) is 10.7. The first-order valence-electron chi connectivity index (χ1n) is 13.4. The quantitative estimate of drug-likeness (QED) is 0.437. The molecule has 2 aliphatic rings. The third-order valence-electron chi connectivity index (χ3n) is 7.77. The van der Waals surface area contributed by atoms with Crippen LogP contribution in [0, 0.1) is 5.92 Å². The monoisotopic (exact) mass is 552 g/mol. The molecular formula is C30H31F3N4O3. The molecule has 0 unspecified atom stereocenters. The van der Waals surface area contributed by atoms with Gasteiger partial charge in [-0.25, -0.2) is 0 Å². The third kappa shape index (κ3) is 5.61. The Morgan fingerprint density at radius 1 is 0.975 bits per heavy atom. The summed E-state index contributed by atoms with van der Waals surface area (Å²) in [5.74, 6) is -0.714. The Balaban J connectivity index is 1.48. The Morgan fingerprint density at radius 3 is 2.48 bits per heavy atom. The predicted molar refractivity (Wildman–Crippen MR) is 147 cm³/mol. The molecule has 7 nitrogen and oxygen atoms in total. The molecule has 2 amide bonds. The van der Waals surface area contributed by atoms with Gasteiger partial charge in [0.1, 0.15) is 0 Å². The summed E-state index contributed by atoms with van der Waals surface area (Å²) >= 11 is 0. The van der Waals surface area contributed by atoms with Crippen molar-refractivity contribution in [3.8, 4) is 0 Å². The summed E-state index contributed by atoms with van der Waals surface area (Å²) in [6, 6.07) is 14.5. The Kier molecular flexibility index (Phi) is 7.44. The van der Waals surface area contributed by atoms with Crippen LogP contribution in [-0.2, 0) is 12.7 Å². The lowest BCUT2D eigenvalue weighted by Crippen LogP contribution is -2.47. The lowest BCUT2D eigenvalue weighted by molar-refractivity contribution is -0.137. The molecule has 0 radical (unpaired) electrons. The van der Waals surface area contributed by atoms with Gasteiger partial charge in [-0.3, -0.25) is 14.4 Å². The number of hydrogen-bond donors (Lipinski definition) is 2.